The van der Waals surface area contributed by atoms with Gasteiger partial charge in [0.05, 0.1) is 11.5 Å². The smallest absolute Gasteiger partial charge is 0.333 e. The standard InChI is InChI=1S/C25H38O5/c1-17(10-7-11-20-16-22(28)30-23(20)29)8-6-9-18(2)12-15-25(19(3)26)21(27)13-14-24(25,4)5/h9-10,16,21,23,27,29H,6-8,11-15H2,1-5H3/b17-10?,18-9+/t21-,23?,25-/m1/s1. The number of carbonyl (C=O) groups is 2. The second kappa shape index (κ2) is 10.1. The van der Waals surface area contributed by atoms with Gasteiger partial charge in [0.15, 0.2) is 0 Å². The van der Waals surface area contributed by atoms with E-state index in [0.717, 1.165) is 32.1 Å². The molecule has 30 heavy (non-hydrogen) atoms. The number of carbonyl (C=O) groups excluding carboxylic acids is 2. The van der Waals surface area contributed by atoms with E-state index in [4.69, 9.17) is 0 Å². The van der Waals surface area contributed by atoms with Gasteiger partial charge in [-0.15, -0.1) is 0 Å². The Kier molecular flexibility index (Phi) is 8.23. The Balaban J connectivity index is 1.81. The zero-order valence-corrected chi connectivity index (χ0v) is 19.2. The Labute approximate surface area is 180 Å². The fraction of sp³-hybridized carbons (Fsp3) is 0.680. The van der Waals surface area contributed by atoms with Crippen molar-refractivity contribution in [2.24, 2.45) is 10.8 Å². The van der Waals surface area contributed by atoms with E-state index in [1.165, 1.54) is 17.2 Å². The third kappa shape index (κ3) is 5.50. The molecular formula is C25H38O5. The van der Waals surface area contributed by atoms with Crippen LogP contribution in [0.2, 0.25) is 0 Å². The second-order valence-electron chi connectivity index (χ2n) is 9.65. The first-order valence-electron chi connectivity index (χ1n) is 11.1. The molecule has 1 heterocycles. The van der Waals surface area contributed by atoms with Crippen molar-refractivity contribution in [1.29, 1.82) is 0 Å². The Hall–Kier alpha value is -1.72. The molecule has 0 aromatic carbocycles. The van der Waals surface area contributed by atoms with Crippen LogP contribution in [0.15, 0.2) is 34.9 Å². The monoisotopic (exact) mass is 418 g/mol. The van der Waals surface area contributed by atoms with Gasteiger partial charge in [-0.3, -0.25) is 4.79 Å². The number of rotatable bonds is 10. The molecule has 168 valence electrons. The van der Waals surface area contributed by atoms with Crippen molar-refractivity contribution in [3.8, 4) is 0 Å². The number of hydrogen-bond donors (Lipinski definition) is 2. The number of ketones is 1. The van der Waals surface area contributed by atoms with Crippen LogP contribution >= 0.6 is 0 Å². The van der Waals surface area contributed by atoms with Crippen molar-refractivity contribution in [1.82, 2.24) is 0 Å². The zero-order chi connectivity index (χ0) is 22.5. The average molecular weight is 419 g/mol. The molecule has 0 amide bonds. The lowest BCUT2D eigenvalue weighted by Crippen LogP contribution is -2.46. The highest BCUT2D eigenvalue weighted by atomic mass is 16.6. The molecule has 0 bridgehead atoms. The highest BCUT2D eigenvalue weighted by molar-refractivity contribution is 5.85. The van der Waals surface area contributed by atoms with E-state index in [1.807, 2.05) is 0 Å². The van der Waals surface area contributed by atoms with Crippen molar-refractivity contribution < 1.29 is 24.5 Å². The van der Waals surface area contributed by atoms with Crippen molar-refractivity contribution in [2.75, 3.05) is 0 Å². The second-order valence-corrected chi connectivity index (χ2v) is 9.65. The summed E-state index contributed by atoms with van der Waals surface area (Å²) in [6.45, 7) is 10.0. The molecule has 2 aliphatic rings. The van der Waals surface area contributed by atoms with Gasteiger partial charge < -0.3 is 14.9 Å². The maximum absolute atomic E-state index is 12.5. The van der Waals surface area contributed by atoms with Gasteiger partial charge in [0, 0.05) is 11.6 Å². The van der Waals surface area contributed by atoms with Crippen molar-refractivity contribution in [2.45, 2.75) is 98.4 Å². The summed E-state index contributed by atoms with van der Waals surface area (Å²) in [7, 11) is 0. The minimum atomic E-state index is -1.08. The van der Waals surface area contributed by atoms with Crippen molar-refractivity contribution >= 4 is 11.8 Å². The zero-order valence-electron chi connectivity index (χ0n) is 19.2. The van der Waals surface area contributed by atoms with Crippen LogP contribution in [-0.4, -0.2) is 34.4 Å². The Morgan fingerprint density at radius 3 is 2.30 bits per heavy atom. The van der Waals surface area contributed by atoms with Crippen LogP contribution < -0.4 is 0 Å². The molecule has 3 atom stereocenters. The van der Waals surface area contributed by atoms with E-state index in [9.17, 15) is 19.8 Å². The average Bonchev–Trinajstić information content (AvgIpc) is 3.08. The molecule has 0 aromatic heterocycles. The first kappa shape index (κ1) is 24.5. The van der Waals surface area contributed by atoms with E-state index < -0.39 is 23.8 Å². The first-order chi connectivity index (χ1) is 14.0. The summed E-state index contributed by atoms with van der Waals surface area (Å²) >= 11 is 0. The van der Waals surface area contributed by atoms with Gasteiger partial charge in [0.2, 0.25) is 6.29 Å². The predicted molar refractivity (Wildman–Crippen MR) is 118 cm³/mol. The molecule has 1 unspecified atom stereocenters. The number of cyclic esters (lactones) is 1. The summed E-state index contributed by atoms with van der Waals surface area (Å²) in [5.41, 5.74) is 2.36. The van der Waals surface area contributed by atoms with Gasteiger partial charge in [-0.1, -0.05) is 37.1 Å². The Morgan fingerprint density at radius 2 is 1.77 bits per heavy atom. The molecule has 0 spiro atoms. The minimum absolute atomic E-state index is 0.110. The number of ether oxygens (including phenoxy) is 1. The molecule has 2 rings (SSSR count). The van der Waals surface area contributed by atoms with Crippen LogP contribution in [-0.2, 0) is 14.3 Å². The third-order valence-electron chi connectivity index (χ3n) is 7.17. The van der Waals surface area contributed by atoms with Gasteiger partial charge in [-0.05, 0) is 77.6 Å². The quantitative estimate of drug-likeness (QED) is 0.394. The van der Waals surface area contributed by atoms with E-state index in [-0.39, 0.29) is 11.2 Å². The van der Waals surface area contributed by atoms with Crippen LogP contribution in [0.5, 0.6) is 0 Å². The van der Waals surface area contributed by atoms with E-state index >= 15 is 0 Å². The van der Waals surface area contributed by atoms with E-state index in [0.29, 0.717) is 24.8 Å². The molecule has 2 N–H and O–H groups in total. The SMILES string of the molecule is CC(=O)[C@]1(CC/C(C)=C/CCC(C)=CCCC2=CC(=O)OC2O)[C@H](O)CCC1(C)C. The molecule has 1 fully saturated rings. The third-order valence-corrected chi connectivity index (χ3v) is 7.17. The maximum Gasteiger partial charge on any atom is 0.333 e. The highest BCUT2D eigenvalue weighted by Crippen LogP contribution is 2.56. The largest absolute Gasteiger partial charge is 0.429 e. The topological polar surface area (TPSA) is 83.8 Å². The fourth-order valence-electron chi connectivity index (χ4n) is 5.08. The summed E-state index contributed by atoms with van der Waals surface area (Å²) in [4.78, 5) is 23.6. The summed E-state index contributed by atoms with van der Waals surface area (Å²) < 4.78 is 4.68. The molecule has 1 aliphatic heterocycles. The molecule has 5 heteroatoms. The number of esters is 1. The molecule has 1 aliphatic carbocycles. The fourth-order valence-corrected chi connectivity index (χ4v) is 5.08. The number of aliphatic hydroxyl groups excluding tert-OH is 2. The molecule has 0 aromatic rings. The lowest BCUT2D eigenvalue weighted by Gasteiger charge is -2.42. The normalized spacial score (nSPS) is 29.2. The molecule has 0 radical (unpaired) electrons. The van der Waals surface area contributed by atoms with Crippen LogP contribution in [0, 0.1) is 10.8 Å². The van der Waals surface area contributed by atoms with Gasteiger partial charge >= 0.3 is 5.97 Å². The number of Topliss-reactive ketones (excluding diaryl/α,β-unsaturated/α-hetero) is 1. The van der Waals surface area contributed by atoms with Crippen LogP contribution in [0.4, 0.5) is 0 Å². The first-order valence-corrected chi connectivity index (χ1v) is 11.1. The summed E-state index contributed by atoms with van der Waals surface area (Å²) in [6, 6.07) is 0. The Morgan fingerprint density at radius 1 is 1.13 bits per heavy atom. The minimum Gasteiger partial charge on any atom is -0.429 e. The highest BCUT2D eigenvalue weighted by Gasteiger charge is 2.57. The molecule has 5 nitrogen and oxygen atoms in total. The Bertz CT molecular complexity index is 743. The number of hydrogen-bond acceptors (Lipinski definition) is 5. The lowest BCUT2D eigenvalue weighted by molar-refractivity contribution is -0.151. The summed E-state index contributed by atoms with van der Waals surface area (Å²) in [5.74, 6) is -0.363. The molecule has 1 saturated carbocycles. The van der Waals surface area contributed by atoms with Gasteiger partial charge in [0.1, 0.15) is 5.78 Å². The van der Waals surface area contributed by atoms with Gasteiger partial charge in [-0.2, -0.15) is 0 Å². The van der Waals surface area contributed by atoms with Crippen LogP contribution in [0.1, 0.15) is 86.0 Å². The van der Waals surface area contributed by atoms with Gasteiger partial charge in [0.25, 0.3) is 0 Å². The maximum atomic E-state index is 12.5. The summed E-state index contributed by atoms with van der Waals surface area (Å²) in [5, 5.41) is 20.2. The van der Waals surface area contributed by atoms with E-state index in [2.05, 4.69) is 44.6 Å². The lowest BCUT2D eigenvalue weighted by atomic mass is 9.62. The van der Waals surface area contributed by atoms with E-state index in [1.54, 1.807) is 6.92 Å². The van der Waals surface area contributed by atoms with Crippen LogP contribution in [0.25, 0.3) is 0 Å². The number of allylic oxidation sites excluding steroid dienone is 4. The molecular weight excluding hydrogens is 380 g/mol. The summed E-state index contributed by atoms with van der Waals surface area (Å²) in [6.07, 6.45) is 10.5. The van der Waals surface area contributed by atoms with Crippen molar-refractivity contribution in [3.05, 3.63) is 34.9 Å². The predicted octanol–water partition coefficient (Wildman–Crippen LogP) is 4.78. The van der Waals surface area contributed by atoms with Crippen molar-refractivity contribution in [3.63, 3.8) is 0 Å². The van der Waals surface area contributed by atoms with Crippen LogP contribution in [0.3, 0.4) is 0 Å². The number of aliphatic hydroxyl groups is 2. The van der Waals surface area contributed by atoms with Gasteiger partial charge in [-0.25, -0.2) is 4.79 Å². The molecule has 0 saturated heterocycles.